The van der Waals surface area contributed by atoms with Crippen molar-refractivity contribution in [2.45, 2.75) is 45.4 Å². The molecule has 2 amide bonds. The quantitative estimate of drug-likeness (QED) is 0.628. The number of ether oxygens (including phenoxy) is 1. The van der Waals surface area contributed by atoms with E-state index in [-0.39, 0.29) is 11.8 Å². The fraction of sp³-hybridized carbons (Fsp3) is 0.600. The summed E-state index contributed by atoms with van der Waals surface area (Å²) in [5, 5.41) is 5.86. The van der Waals surface area contributed by atoms with Crippen LogP contribution in [0.1, 0.15) is 55.8 Å². The van der Waals surface area contributed by atoms with Gasteiger partial charge >= 0.3 is 0 Å². The molecule has 6 nitrogen and oxygen atoms in total. The molecule has 0 atom stereocenters. The van der Waals surface area contributed by atoms with E-state index in [2.05, 4.69) is 22.5 Å². The van der Waals surface area contributed by atoms with Crippen LogP contribution in [0.25, 0.3) is 0 Å². The normalized spacial score (nSPS) is 13.7. The smallest absolute Gasteiger partial charge is 0.253 e. The summed E-state index contributed by atoms with van der Waals surface area (Å²) in [6.45, 7) is 5.18. The van der Waals surface area contributed by atoms with Crippen molar-refractivity contribution in [1.82, 2.24) is 5.32 Å². The minimum atomic E-state index is -0.104. The van der Waals surface area contributed by atoms with Gasteiger partial charge in [0.05, 0.1) is 5.56 Å². The van der Waals surface area contributed by atoms with Gasteiger partial charge in [0.25, 0.3) is 5.91 Å². The maximum absolute atomic E-state index is 12.7. The first kappa shape index (κ1) is 20.2. The summed E-state index contributed by atoms with van der Waals surface area (Å²) in [5.74, 6) is -0.111. The van der Waals surface area contributed by atoms with Gasteiger partial charge in [-0.1, -0.05) is 13.3 Å². The highest BCUT2D eigenvalue weighted by Crippen LogP contribution is 2.27. The number of nitrogens with one attached hydrogen (secondary N) is 2. The molecule has 6 heteroatoms. The zero-order valence-corrected chi connectivity index (χ0v) is 16.0. The predicted octanol–water partition coefficient (Wildman–Crippen LogP) is 3.18. The summed E-state index contributed by atoms with van der Waals surface area (Å²) in [5.41, 5.74) is 2.24. The van der Waals surface area contributed by atoms with Gasteiger partial charge < -0.3 is 20.3 Å². The molecule has 1 aliphatic heterocycles. The maximum atomic E-state index is 12.7. The van der Waals surface area contributed by atoms with Crippen LogP contribution in [0.3, 0.4) is 0 Å². The average molecular weight is 361 g/mol. The molecule has 0 aromatic heterocycles. The Hall–Kier alpha value is -2.08. The molecule has 1 aromatic carbocycles. The van der Waals surface area contributed by atoms with Crippen LogP contribution in [0.5, 0.6) is 0 Å². The Kier molecular flexibility index (Phi) is 8.41. The van der Waals surface area contributed by atoms with Crippen LogP contribution in [0, 0.1) is 0 Å². The second-order valence-electron chi connectivity index (χ2n) is 6.68. The van der Waals surface area contributed by atoms with Crippen LogP contribution in [0.2, 0.25) is 0 Å². The highest BCUT2D eigenvalue weighted by Gasteiger charge is 2.20. The topological polar surface area (TPSA) is 70.7 Å². The summed E-state index contributed by atoms with van der Waals surface area (Å²) in [7, 11) is 1.65. The predicted molar refractivity (Wildman–Crippen MR) is 105 cm³/mol. The van der Waals surface area contributed by atoms with E-state index < -0.39 is 0 Å². The number of amides is 2. The van der Waals surface area contributed by atoms with E-state index in [0.717, 1.165) is 50.9 Å². The lowest BCUT2D eigenvalue weighted by molar-refractivity contribution is -0.116. The van der Waals surface area contributed by atoms with Gasteiger partial charge in [0.1, 0.15) is 0 Å². The van der Waals surface area contributed by atoms with Crippen LogP contribution in [0.4, 0.5) is 11.4 Å². The van der Waals surface area contributed by atoms with E-state index in [1.54, 1.807) is 13.2 Å². The zero-order valence-electron chi connectivity index (χ0n) is 16.0. The third-order valence-electron chi connectivity index (χ3n) is 4.54. The number of methoxy groups -OCH3 is 1. The number of rotatable bonds is 10. The zero-order chi connectivity index (χ0) is 18.8. The van der Waals surface area contributed by atoms with E-state index >= 15 is 0 Å². The van der Waals surface area contributed by atoms with Crippen molar-refractivity contribution in [3.63, 3.8) is 0 Å². The van der Waals surface area contributed by atoms with E-state index in [9.17, 15) is 9.59 Å². The van der Waals surface area contributed by atoms with E-state index in [1.807, 2.05) is 12.1 Å². The molecule has 144 valence electrons. The Bertz CT molecular complexity index is 598. The summed E-state index contributed by atoms with van der Waals surface area (Å²) >= 11 is 0. The van der Waals surface area contributed by atoms with Crippen molar-refractivity contribution in [3.8, 4) is 0 Å². The lowest BCUT2D eigenvalue weighted by atomic mass is 10.1. The second kappa shape index (κ2) is 10.8. The van der Waals surface area contributed by atoms with Gasteiger partial charge in [-0.3, -0.25) is 9.59 Å². The molecule has 2 N–H and O–H groups in total. The molecule has 0 radical (unpaired) electrons. The molecule has 2 rings (SSSR count). The van der Waals surface area contributed by atoms with Crippen LogP contribution >= 0.6 is 0 Å². The number of hydrogen-bond acceptors (Lipinski definition) is 4. The van der Waals surface area contributed by atoms with Gasteiger partial charge in [0, 0.05) is 51.1 Å². The van der Waals surface area contributed by atoms with Crippen molar-refractivity contribution >= 4 is 23.2 Å². The number of anilines is 2. The first-order chi connectivity index (χ1) is 12.7. The number of carbonyl (C=O) groups excluding carboxylic acids is 2. The summed E-state index contributed by atoms with van der Waals surface area (Å²) < 4.78 is 5.02. The minimum Gasteiger partial charge on any atom is -0.385 e. The number of hydrogen-bond donors (Lipinski definition) is 2. The fourth-order valence-corrected chi connectivity index (χ4v) is 3.10. The summed E-state index contributed by atoms with van der Waals surface area (Å²) in [6, 6.07) is 5.63. The van der Waals surface area contributed by atoms with Crippen molar-refractivity contribution in [1.29, 1.82) is 0 Å². The van der Waals surface area contributed by atoms with E-state index in [4.69, 9.17) is 4.74 Å². The van der Waals surface area contributed by atoms with E-state index in [0.29, 0.717) is 30.8 Å². The number of benzene rings is 1. The Morgan fingerprint density at radius 1 is 1.19 bits per heavy atom. The third-order valence-corrected chi connectivity index (χ3v) is 4.54. The molecule has 0 unspecified atom stereocenters. The maximum Gasteiger partial charge on any atom is 0.253 e. The summed E-state index contributed by atoms with van der Waals surface area (Å²) in [6.07, 6.45) is 5.41. The minimum absolute atomic E-state index is 0.00720. The first-order valence-electron chi connectivity index (χ1n) is 9.61. The molecule has 1 aromatic rings. The highest BCUT2D eigenvalue weighted by molar-refractivity contribution is 6.02. The Balaban J connectivity index is 2.12. The number of carbonyl (C=O) groups is 2. The van der Waals surface area contributed by atoms with Gasteiger partial charge in [-0.15, -0.1) is 0 Å². The molecule has 1 heterocycles. The average Bonchev–Trinajstić information content (AvgIpc) is 3.18. The second-order valence-corrected chi connectivity index (χ2v) is 6.68. The molecule has 0 saturated carbocycles. The Morgan fingerprint density at radius 2 is 1.96 bits per heavy atom. The van der Waals surface area contributed by atoms with E-state index in [1.165, 1.54) is 0 Å². The number of unbranched alkanes of at least 4 members (excludes halogenated alkanes) is 1. The Morgan fingerprint density at radius 3 is 2.65 bits per heavy atom. The Labute approximate surface area is 156 Å². The van der Waals surface area contributed by atoms with Gasteiger partial charge in [0.2, 0.25) is 5.91 Å². The van der Waals surface area contributed by atoms with Crippen molar-refractivity contribution in [2.75, 3.05) is 43.6 Å². The molecule has 1 saturated heterocycles. The standard InChI is InChI=1S/C20H31N3O3/c1-3-4-8-19(24)22-16-9-10-18(23-12-5-6-13-23)17(15-16)20(25)21-11-7-14-26-2/h9-10,15H,3-8,11-14H2,1-2H3,(H,21,25)(H,22,24). The molecule has 1 fully saturated rings. The highest BCUT2D eigenvalue weighted by atomic mass is 16.5. The number of nitrogens with zero attached hydrogens (tertiary/aromatic N) is 1. The monoisotopic (exact) mass is 361 g/mol. The van der Waals surface area contributed by atoms with Crippen molar-refractivity contribution in [2.24, 2.45) is 0 Å². The lowest BCUT2D eigenvalue weighted by Crippen LogP contribution is -2.29. The summed E-state index contributed by atoms with van der Waals surface area (Å²) in [4.78, 5) is 26.9. The van der Waals surface area contributed by atoms with Crippen molar-refractivity contribution in [3.05, 3.63) is 23.8 Å². The van der Waals surface area contributed by atoms with Crippen LogP contribution in [-0.2, 0) is 9.53 Å². The molecular formula is C20H31N3O3. The molecule has 0 aliphatic carbocycles. The largest absolute Gasteiger partial charge is 0.385 e. The molecule has 1 aliphatic rings. The van der Waals surface area contributed by atoms with Gasteiger partial charge in [0.15, 0.2) is 0 Å². The molecule has 0 bridgehead atoms. The lowest BCUT2D eigenvalue weighted by Gasteiger charge is -2.22. The van der Waals surface area contributed by atoms with Crippen LogP contribution in [-0.4, -0.2) is 45.2 Å². The SMILES string of the molecule is CCCCC(=O)Nc1ccc(N2CCCC2)c(C(=O)NCCCOC)c1. The third kappa shape index (κ3) is 6.02. The van der Waals surface area contributed by atoms with Gasteiger partial charge in [-0.2, -0.15) is 0 Å². The van der Waals surface area contributed by atoms with Gasteiger partial charge in [-0.05, 0) is 43.9 Å². The van der Waals surface area contributed by atoms with Crippen LogP contribution in [0.15, 0.2) is 18.2 Å². The molecule has 26 heavy (non-hydrogen) atoms. The molecular weight excluding hydrogens is 330 g/mol. The fourth-order valence-electron chi connectivity index (χ4n) is 3.10. The first-order valence-corrected chi connectivity index (χ1v) is 9.61. The van der Waals surface area contributed by atoms with Crippen molar-refractivity contribution < 1.29 is 14.3 Å². The van der Waals surface area contributed by atoms with Crippen LogP contribution < -0.4 is 15.5 Å². The van der Waals surface area contributed by atoms with Gasteiger partial charge in [-0.25, -0.2) is 0 Å². The molecule has 0 spiro atoms.